The number of ether oxygens (including phenoxy) is 1. The molecule has 0 aliphatic heterocycles. The van der Waals surface area contributed by atoms with Crippen LogP contribution in [0.3, 0.4) is 0 Å². The van der Waals surface area contributed by atoms with Crippen molar-refractivity contribution < 1.29 is 9.53 Å². The van der Waals surface area contributed by atoms with Gasteiger partial charge in [-0.05, 0) is 65.3 Å². The number of carbonyl (C=O) groups excluding carboxylic acids is 1. The SMILES string of the molecule is COc1ccc2c(c1)C(CC(=O)NCCC(C)C)=C(C)/C2=C/c1cnc(N(C)C)nc1. The standard InChI is InChI=1S/C25H32N4O2/c1-16(2)9-10-26-24(30)13-22-17(3)21(20-8-7-19(31-6)12-23(20)22)11-18-14-27-25(28-15-18)29(4)5/h7-8,11-12,14-16H,9-10,13H2,1-6H3,(H,26,30)/b21-11-. The predicted molar refractivity (Wildman–Crippen MR) is 127 cm³/mol. The summed E-state index contributed by atoms with van der Waals surface area (Å²) in [5.41, 5.74) is 6.29. The highest BCUT2D eigenvalue weighted by Crippen LogP contribution is 2.44. The molecule has 6 nitrogen and oxygen atoms in total. The van der Waals surface area contributed by atoms with Gasteiger partial charge in [-0.3, -0.25) is 4.79 Å². The van der Waals surface area contributed by atoms with Gasteiger partial charge in [-0.25, -0.2) is 9.97 Å². The number of nitrogens with one attached hydrogen (secondary N) is 1. The predicted octanol–water partition coefficient (Wildman–Crippen LogP) is 4.43. The average molecular weight is 421 g/mol. The van der Waals surface area contributed by atoms with Crippen LogP contribution >= 0.6 is 0 Å². The number of benzene rings is 1. The van der Waals surface area contributed by atoms with Crippen molar-refractivity contribution in [3.63, 3.8) is 0 Å². The van der Waals surface area contributed by atoms with Crippen LogP contribution < -0.4 is 15.0 Å². The van der Waals surface area contributed by atoms with E-state index in [4.69, 9.17) is 4.74 Å². The van der Waals surface area contributed by atoms with Gasteiger partial charge in [-0.1, -0.05) is 19.9 Å². The van der Waals surface area contributed by atoms with Gasteiger partial charge in [0.2, 0.25) is 11.9 Å². The van der Waals surface area contributed by atoms with E-state index in [0.29, 0.717) is 24.8 Å². The Balaban J connectivity index is 1.93. The van der Waals surface area contributed by atoms with Gasteiger partial charge in [0.1, 0.15) is 5.75 Å². The van der Waals surface area contributed by atoms with Crippen molar-refractivity contribution in [1.82, 2.24) is 15.3 Å². The van der Waals surface area contributed by atoms with E-state index in [2.05, 4.69) is 48.2 Å². The first-order chi connectivity index (χ1) is 14.8. The van der Waals surface area contributed by atoms with Crippen molar-refractivity contribution in [2.24, 2.45) is 5.92 Å². The van der Waals surface area contributed by atoms with E-state index in [1.165, 1.54) is 0 Å². The van der Waals surface area contributed by atoms with Gasteiger partial charge in [0, 0.05) is 38.6 Å². The van der Waals surface area contributed by atoms with E-state index in [9.17, 15) is 4.79 Å². The number of aromatic nitrogens is 2. The zero-order chi connectivity index (χ0) is 22.5. The van der Waals surface area contributed by atoms with Crippen LogP contribution in [0.1, 0.15) is 50.3 Å². The van der Waals surface area contributed by atoms with E-state index < -0.39 is 0 Å². The number of fused-ring (bicyclic) bond motifs is 1. The molecule has 1 aliphatic rings. The molecule has 164 valence electrons. The number of hydrogen-bond donors (Lipinski definition) is 1. The second kappa shape index (κ2) is 9.77. The number of nitrogens with zero attached hydrogens (tertiary/aromatic N) is 3. The van der Waals surface area contributed by atoms with E-state index >= 15 is 0 Å². The average Bonchev–Trinajstić information content (AvgIpc) is 2.99. The molecular formula is C25H32N4O2. The fourth-order valence-corrected chi connectivity index (χ4v) is 3.64. The van der Waals surface area contributed by atoms with Crippen molar-refractivity contribution in [3.05, 3.63) is 52.9 Å². The molecular weight excluding hydrogens is 388 g/mol. The quantitative estimate of drug-likeness (QED) is 0.684. The summed E-state index contributed by atoms with van der Waals surface area (Å²) in [4.78, 5) is 23.3. The van der Waals surface area contributed by atoms with Crippen LogP contribution in [-0.2, 0) is 4.79 Å². The zero-order valence-electron chi connectivity index (χ0n) is 19.3. The summed E-state index contributed by atoms with van der Waals surface area (Å²) in [6, 6.07) is 6.03. The maximum Gasteiger partial charge on any atom is 0.224 e. The topological polar surface area (TPSA) is 67.3 Å². The lowest BCUT2D eigenvalue weighted by Crippen LogP contribution is -2.25. The molecule has 1 N–H and O–H groups in total. The summed E-state index contributed by atoms with van der Waals surface area (Å²) in [6.45, 7) is 7.09. The maximum absolute atomic E-state index is 12.6. The molecule has 6 heteroatoms. The van der Waals surface area contributed by atoms with Gasteiger partial charge in [-0.15, -0.1) is 0 Å². The van der Waals surface area contributed by atoms with Crippen LogP contribution in [0.5, 0.6) is 5.75 Å². The molecule has 3 rings (SSSR count). The summed E-state index contributed by atoms with van der Waals surface area (Å²) >= 11 is 0. The van der Waals surface area contributed by atoms with Crippen molar-refractivity contribution in [1.29, 1.82) is 0 Å². The Morgan fingerprint density at radius 1 is 1.19 bits per heavy atom. The lowest BCUT2D eigenvalue weighted by atomic mass is 10.0. The largest absolute Gasteiger partial charge is 0.497 e. The number of anilines is 1. The number of rotatable bonds is 8. The molecule has 1 aromatic carbocycles. The number of hydrogen-bond acceptors (Lipinski definition) is 5. The molecule has 0 fully saturated rings. The lowest BCUT2D eigenvalue weighted by molar-refractivity contribution is -0.120. The Hall–Kier alpha value is -3.15. The monoisotopic (exact) mass is 420 g/mol. The van der Waals surface area contributed by atoms with E-state index in [-0.39, 0.29) is 5.91 Å². The van der Waals surface area contributed by atoms with Crippen molar-refractivity contribution >= 4 is 29.1 Å². The molecule has 0 bridgehead atoms. The highest BCUT2D eigenvalue weighted by Gasteiger charge is 2.26. The Morgan fingerprint density at radius 3 is 2.52 bits per heavy atom. The smallest absolute Gasteiger partial charge is 0.224 e. The normalized spacial score (nSPS) is 14.2. The van der Waals surface area contributed by atoms with E-state index in [0.717, 1.165) is 45.6 Å². The van der Waals surface area contributed by atoms with Gasteiger partial charge < -0.3 is 15.0 Å². The third kappa shape index (κ3) is 5.32. The molecule has 1 amide bonds. The van der Waals surface area contributed by atoms with Crippen LogP contribution in [0, 0.1) is 5.92 Å². The third-order valence-electron chi connectivity index (χ3n) is 5.45. The Bertz CT molecular complexity index is 1000. The summed E-state index contributed by atoms with van der Waals surface area (Å²) in [6.07, 6.45) is 7.05. The molecule has 0 radical (unpaired) electrons. The fourth-order valence-electron chi connectivity index (χ4n) is 3.64. The van der Waals surface area contributed by atoms with Crippen LogP contribution in [0.15, 0.2) is 36.2 Å². The van der Waals surface area contributed by atoms with E-state index in [1.807, 2.05) is 43.5 Å². The van der Waals surface area contributed by atoms with Crippen LogP contribution in [0.25, 0.3) is 17.2 Å². The van der Waals surface area contributed by atoms with Gasteiger partial charge in [0.15, 0.2) is 0 Å². The van der Waals surface area contributed by atoms with Crippen LogP contribution in [-0.4, -0.2) is 43.6 Å². The number of carbonyl (C=O) groups is 1. The summed E-state index contributed by atoms with van der Waals surface area (Å²) in [7, 11) is 5.49. The van der Waals surface area contributed by atoms with Crippen molar-refractivity contribution in [2.75, 3.05) is 32.6 Å². The van der Waals surface area contributed by atoms with Gasteiger partial charge in [0.05, 0.1) is 13.5 Å². The molecule has 2 aromatic rings. The van der Waals surface area contributed by atoms with Crippen LogP contribution in [0.2, 0.25) is 0 Å². The molecule has 0 saturated heterocycles. The highest BCUT2D eigenvalue weighted by molar-refractivity contribution is 6.08. The van der Waals surface area contributed by atoms with Crippen molar-refractivity contribution in [2.45, 2.75) is 33.6 Å². The summed E-state index contributed by atoms with van der Waals surface area (Å²) in [5.74, 6) is 2.06. The number of amides is 1. The molecule has 0 saturated carbocycles. The second-order valence-electron chi connectivity index (χ2n) is 8.49. The molecule has 1 aliphatic carbocycles. The zero-order valence-corrected chi connectivity index (χ0v) is 19.3. The summed E-state index contributed by atoms with van der Waals surface area (Å²) in [5, 5.41) is 3.05. The third-order valence-corrected chi connectivity index (χ3v) is 5.45. The fraction of sp³-hybridized carbons (Fsp3) is 0.400. The number of methoxy groups -OCH3 is 1. The van der Waals surface area contributed by atoms with Gasteiger partial charge in [-0.2, -0.15) is 0 Å². The minimum atomic E-state index is 0.0451. The molecule has 0 atom stereocenters. The molecule has 0 spiro atoms. The molecule has 1 heterocycles. The highest BCUT2D eigenvalue weighted by atomic mass is 16.5. The Kier molecular flexibility index (Phi) is 7.10. The second-order valence-corrected chi connectivity index (χ2v) is 8.49. The van der Waals surface area contributed by atoms with Crippen LogP contribution in [0.4, 0.5) is 5.95 Å². The minimum Gasteiger partial charge on any atom is -0.497 e. The first-order valence-corrected chi connectivity index (χ1v) is 10.7. The Morgan fingerprint density at radius 2 is 1.90 bits per heavy atom. The number of allylic oxidation sites excluding steroid dienone is 2. The molecule has 31 heavy (non-hydrogen) atoms. The Labute approximate surface area is 185 Å². The summed E-state index contributed by atoms with van der Waals surface area (Å²) < 4.78 is 5.44. The lowest BCUT2D eigenvalue weighted by Gasteiger charge is -2.10. The first-order valence-electron chi connectivity index (χ1n) is 10.7. The van der Waals surface area contributed by atoms with Crippen molar-refractivity contribution in [3.8, 4) is 5.75 Å². The van der Waals surface area contributed by atoms with E-state index in [1.54, 1.807) is 7.11 Å². The molecule has 0 unspecified atom stereocenters. The first kappa shape index (κ1) is 22.5. The minimum absolute atomic E-state index is 0.0451. The maximum atomic E-state index is 12.6. The molecule has 1 aromatic heterocycles. The van der Waals surface area contributed by atoms with Gasteiger partial charge >= 0.3 is 0 Å². The van der Waals surface area contributed by atoms with Gasteiger partial charge in [0.25, 0.3) is 0 Å².